The second-order valence-electron chi connectivity index (χ2n) is 4.80. The molecule has 0 radical (unpaired) electrons. The lowest BCUT2D eigenvalue weighted by Crippen LogP contribution is -2.26. The molecular formula is C15H16FN3S. The fraction of sp³-hybridized carbons (Fsp3) is 0.333. The van der Waals surface area contributed by atoms with E-state index in [0.717, 1.165) is 36.7 Å². The number of nitrogens with zero attached hydrogens (tertiary/aromatic N) is 2. The van der Waals surface area contributed by atoms with E-state index >= 15 is 0 Å². The van der Waals surface area contributed by atoms with E-state index in [-0.39, 0.29) is 5.82 Å². The van der Waals surface area contributed by atoms with Gasteiger partial charge in [-0.3, -0.25) is 0 Å². The van der Waals surface area contributed by atoms with Crippen LogP contribution in [0, 0.1) is 12.7 Å². The molecule has 1 aliphatic heterocycles. The van der Waals surface area contributed by atoms with Crippen molar-refractivity contribution in [2.75, 3.05) is 6.54 Å². The number of aryl methyl sites for hydroxylation is 1. The summed E-state index contributed by atoms with van der Waals surface area (Å²) in [5.74, 6) is 1.20. The summed E-state index contributed by atoms with van der Waals surface area (Å²) in [5.41, 5.74) is 3.39. The quantitative estimate of drug-likeness (QED) is 0.882. The molecule has 0 aliphatic carbocycles. The summed E-state index contributed by atoms with van der Waals surface area (Å²) in [6, 6.07) is 6.81. The lowest BCUT2D eigenvalue weighted by Gasteiger charge is -2.18. The van der Waals surface area contributed by atoms with Crippen LogP contribution in [0.25, 0.3) is 0 Å². The molecule has 2 heterocycles. The first-order valence-electron chi connectivity index (χ1n) is 6.67. The second kappa shape index (κ2) is 5.89. The monoisotopic (exact) mass is 289 g/mol. The van der Waals surface area contributed by atoms with E-state index in [9.17, 15) is 4.39 Å². The Morgan fingerprint density at radius 3 is 3.00 bits per heavy atom. The predicted molar refractivity (Wildman–Crippen MR) is 78.1 cm³/mol. The average molecular weight is 289 g/mol. The van der Waals surface area contributed by atoms with Gasteiger partial charge in [0.2, 0.25) is 0 Å². The minimum atomic E-state index is -0.184. The third-order valence-electron chi connectivity index (χ3n) is 3.38. The highest BCUT2D eigenvalue weighted by Crippen LogP contribution is 2.25. The summed E-state index contributed by atoms with van der Waals surface area (Å²) in [6.45, 7) is 3.83. The summed E-state index contributed by atoms with van der Waals surface area (Å²) in [5, 5.41) is 3.33. The molecule has 3 rings (SSSR count). The Balaban J connectivity index is 1.78. The Hall–Kier alpha value is -1.46. The number of hydrogen-bond donors (Lipinski definition) is 1. The highest BCUT2D eigenvalue weighted by Gasteiger charge is 2.15. The Kier molecular flexibility index (Phi) is 3.98. The van der Waals surface area contributed by atoms with Crippen LogP contribution in [0.5, 0.6) is 0 Å². The molecule has 1 aromatic carbocycles. The van der Waals surface area contributed by atoms with Gasteiger partial charge in [0.15, 0.2) is 0 Å². The largest absolute Gasteiger partial charge is 0.312 e. The highest BCUT2D eigenvalue weighted by atomic mass is 32.2. The molecule has 1 aromatic heterocycles. The Morgan fingerprint density at radius 1 is 1.30 bits per heavy atom. The van der Waals surface area contributed by atoms with Gasteiger partial charge >= 0.3 is 0 Å². The van der Waals surface area contributed by atoms with Gasteiger partial charge in [0.1, 0.15) is 11.6 Å². The van der Waals surface area contributed by atoms with Gasteiger partial charge in [0.25, 0.3) is 0 Å². The van der Waals surface area contributed by atoms with Crippen LogP contribution in [0.3, 0.4) is 0 Å². The van der Waals surface area contributed by atoms with Crippen LogP contribution in [0.2, 0.25) is 0 Å². The molecule has 0 atom stereocenters. The fourth-order valence-electron chi connectivity index (χ4n) is 2.34. The molecule has 1 aliphatic rings. The van der Waals surface area contributed by atoms with Gasteiger partial charge < -0.3 is 5.32 Å². The van der Waals surface area contributed by atoms with Crippen LogP contribution in [-0.4, -0.2) is 16.5 Å². The second-order valence-corrected chi connectivity index (χ2v) is 5.81. The van der Waals surface area contributed by atoms with Crippen molar-refractivity contribution in [1.29, 1.82) is 0 Å². The van der Waals surface area contributed by atoms with E-state index in [1.807, 2.05) is 13.0 Å². The van der Waals surface area contributed by atoms with E-state index in [4.69, 9.17) is 0 Å². The van der Waals surface area contributed by atoms with Crippen LogP contribution in [-0.2, 0) is 18.7 Å². The van der Waals surface area contributed by atoms with E-state index in [0.29, 0.717) is 10.6 Å². The maximum absolute atomic E-state index is 13.6. The van der Waals surface area contributed by atoms with E-state index in [2.05, 4.69) is 15.3 Å². The fourth-order valence-corrected chi connectivity index (χ4v) is 3.14. The number of rotatable bonds is 3. The van der Waals surface area contributed by atoms with Crippen molar-refractivity contribution >= 4 is 11.8 Å². The van der Waals surface area contributed by atoms with Crippen molar-refractivity contribution in [3.8, 4) is 0 Å². The van der Waals surface area contributed by atoms with Crippen molar-refractivity contribution < 1.29 is 4.39 Å². The summed E-state index contributed by atoms with van der Waals surface area (Å²) in [7, 11) is 0. The number of aromatic nitrogens is 2. The van der Waals surface area contributed by atoms with Crippen molar-refractivity contribution in [2.24, 2.45) is 0 Å². The van der Waals surface area contributed by atoms with E-state index in [1.165, 1.54) is 23.4 Å². The van der Waals surface area contributed by atoms with Gasteiger partial charge in [-0.1, -0.05) is 12.1 Å². The van der Waals surface area contributed by atoms with Gasteiger partial charge in [-0.2, -0.15) is 0 Å². The van der Waals surface area contributed by atoms with Crippen LogP contribution in [0.4, 0.5) is 4.39 Å². The minimum Gasteiger partial charge on any atom is -0.312 e. The number of nitrogens with one attached hydrogen (secondary N) is 1. The Labute approximate surface area is 122 Å². The molecule has 104 valence electrons. The molecule has 1 N–H and O–H groups in total. The zero-order valence-electron chi connectivity index (χ0n) is 11.3. The maximum Gasteiger partial charge on any atom is 0.139 e. The predicted octanol–water partition coefficient (Wildman–Crippen LogP) is 2.86. The molecule has 0 amide bonds. The SMILES string of the molecule is Cc1nc(CSc2ccccc2F)nc2c1CNCC2. The third-order valence-corrected chi connectivity index (χ3v) is 4.42. The van der Waals surface area contributed by atoms with Crippen LogP contribution in [0.1, 0.15) is 22.8 Å². The smallest absolute Gasteiger partial charge is 0.139 e. The van der Waals surface area contributed by atoms with Gasteiger partial charge in [0.05, 0.1) is 11.4 Å². The number of halogens is 1. The van der Waals surface area contributed by atoms with Crippen LogP contribution >= 0.6 is 11.8 Å². The molecular weight excluding hydrogens is 273 g/mol. The molecule has 0 saturated carbocycles. The summed E-state index contributed by atoms with van der Waals surface area (Å²) in [6.07, 6.45) is 0.941. The Morgan fingerprint density at radius 2 is 2.15 bits per heavy atom. The van der Waals surface area contributed by atoms with Crippen molar-refractivity contribution in [1.82, 2.24) is 15.3 Å². The first-order valence-corrected chi connectivity index (χ1v) is 7.66. The van der Waals surface area contributed by atoms with Gasteiger partial charge in [-0.15, -0.1) is 11.8 Å². The molecule has 0 saturated heterocycles. The normalized spacial score (nSPS) is 14.1. The number of benzene rings is 1. The highest BCUT2D eigenvalue weighted by molar-refractivity contribution is 7.98. The summed E-state index contributed by atoms with van der Waals surface area (Å²) in [4.78, 5) is 9.81. The average Bonchev–Trinajstić information content (AvgIpc) is 2.46. The molecule has 20 heavy (non-hydrogen) atoms. The number of hydrogen-bond acceptors (Lipinski definition) is 4. The first kappa shape index (κ1) is 13.5. The summed E-state index contributed by atoms with van der Waals surface area (Å²) >= 11 is 1.44. The van der Waals surface area contributed by atoms with Crippen molar-refractivity contribution in [3.63, 3.8) is 0 Å². The lowest BCUT2D eigenvalue weighted by atomic mass is 10.1. The molecule has 0 fully saturated rings. The zero-order valence-corrected chi connectivity index (χ0v) is 12.1. The molecule has 0 unspecified atom stereocenters. The number of fused-ring (bicyclic) bond motifs is 1. The van der Waals surface area contributed by atoms with Crippen molar-refractivity contribution in [3.05, 3.63) is 52.9 Å². The molecule has 5 heteroatoms. The molecule has 3 nitrogen and oxygen atoms in total. The van der Waals surface area contributed by atoms with Gasteiger partial charge in [-0.05, 0) is 19.1 Å². The first-order chi connectivity index (χ1) is 9.74. The summed E-state index contributed by atoms with van der Waals surface area (Å²) < 4.78 is 13.6. The topological polar surface area (TPSA) is 37.8 Å². The maximum atomic E-state index is 13.6. The molecule has 0 spiro atoms. The molecule has 0 bridgehead atoms. The standard InChI is InChI=1S/C15H16FN3S/c1-10-11-8-17-7-6-13(11)19-15(18-10)9-20-14-5-3-2-4-12(14)16/h2-5,17H,6-9H2,1H3. The van der Waals surface area contributed by atoms with E-state index in [1.54, 1.807) is 12.1 Å². The van der Waals surface area contributed by atoms with Gasteiger partial charge in [-0.25, -0.2) is 14.4 Å². The van der Waals surface area contributed by atoms with Crippen LogP contribution < -0.4 is 5.32 Å². The van der Waals surface area contributed by atoms with Crippen molar-refractivity contribution in [2.45, 2.75) is 30.5 Å². The Bertz CT molecular complexity index is 631. The minimum absolute atomic E-state index is 0.184. The van der Waals surface area contributed by atoms with Gasteiger partial charge in [0, 0.05) is 35.7 Å². The zero-order chi connectivity index (χ0) is 13.9. The van der Waals surface area contributed by atoms with Crippen LogP contribution in [0.15, 0.2) is 29.2 Å². The van der Waals surface area contributed by atoms with E-state index < -0.39 is 0 Å². The third kappa shape index (κ3) is 2.83. The lowest BCUT2D eigenvalue weighted by molar-refractivity contribution is 0.602. The number of thioether (sulfide) groups is 1. The molecule has 2 aromatic rings.